The van der Waals surface area contributed by atoms with E-state index < -0.39 is 6.10 Å². The number of aryl methyl sites for hydroxylation is 1. The molecule has 0 saturated carbocycles. The molecule has 1 aromatic heterocycles. The summed E-state index contributed by atoms with van der Waals surface area (Å²) in [6.07, 6.45) is 0.0747. The number of rotatable bonds is 5. The summed E-state index contributed by atoms with van der Waals surface area (Å²) in [5, 5.41) is 13.0. The van der Waals surface area contributed by atoms with E-state index in [2.05, 4.69) is 45.3 Å². The number of hydrogen-bond donors (Lipinski definition) is 2. The van der Waals surface area contributed by atoms with Crippen LogP contribution in [-0.4, -0.2) is 84.8 Å². The summed E-state index contributed by atoms with van der Waals surface area (Å²) < 4.78 is 0. The number of aromatic nitrogens is 1. The van der Waals surface area contributed by atoms with Crippen molar-refractivity contribution in [3.05, 3.63) is 35.0 Å². The highest BCUT2D eigenvalue weighted by molar-refractivity contribution is 7.13. The molecule has 2 saturated heterocycles. The second-order valence-corrected chi connectivity index (χ2v) is 9.32. The molecule has 2 aliphatic rings. The van der Waals surface area contributed by atoms with Crippen molar-refractivity contribution in [2.24, 2.45) is 0 Å². The molecule has 0 aliphatic carbocycles. The quantitative estimate of drug-likeness (QED) is 0.752. The van der Waals surface area contributed by atoms with E-state index in [0.29, 0.717) is 19.5 Å². The molecule has 2 atom stereocenters. The fourth-order valence-corrected chi connectivity index (χ4v) is 5.16. The minimum atomic E-state index is -0.423. The SMILES string of the molecule is Cc1ncsc1-c1ccc(CNC(=O)C2CC(O)CN2C)c(N2CCN(C)CC2)c1. The smallest absolute Gasteiger partial charge is 0.237 e. The predicted molar refractivity (Wildman–Crippen MR) is 121 cm³/mol. The van der Waals surface area contributed by atoms with Gasteiger partial charge in [-0.05, 0) is 44.6 Å². The van der Waals surface area contributed by atoms with Crippen LogP contribution in [0.4, 0.5) is 5.69 Å². The van der Waals surface area contributed by atoms with Gasteiger partial charge in [0.05, 0.1) is 28.2 Å². The molecule has 7 nitrogen and oxygen atoms in total. The van der Waals surface area contributed by atoms with Gasteiger partial charge in [0.2, 0.25) is 5.91 Å². The van der Waals surface area contributed by atoms with E-state index in [9.17, 15) is 9.90 Å². The Balaban J connectivity index is 1.55. The highest BCUT2D eigenvalue weighted by Gasteiger charge is 2.33. The molecule has 3 heterocycles. The van der Waals surface area contributed by atoms with Gasteiger partial charge < -0.3 is 20.2 Å². The summed E-state index contributed by atoms with van der Waals surface area (Å²) in [6, 6.07) is 6.26. The molecule has 8 heteroatoms. The third kappa shape index (κ3) is 4.51. The summed E-state index contributed by atoms with van der Waals surface area (Å²) in [5.41, 5.74) is 6.43. The standard InChI is InChI=1S/C22H31N5O2S/c1-15-21(30-14-24-15)16-4-5-17(19(10-16)27-8-6-25(2)7-9-27)12-23-22(29)20-11-18(28)13-26(20)3/h4-5,10,14,18,20,28H,6-9,11-13H2,1-3H3,(H,23,29). The van der Waals surface area contributed by atoms with Crippen molar-refractivity contribution in [2.75, 3.05) is 51.7 Å². The third-order valence-electron chi connectivity index (χ3n) is 6.22. The number of nitrogens with zero attached hydrogens (tertiary/aromatic N) is 4. The molecule has 2 N–H and O–H groups in total. The van der Waals surface area contributed by atoms with Crippen LogP contribution >= 0.6 is 11.3 Å². The molecule has 30 heavy (non-hydrogen) atoms. The van der Waals surface area contributed by atoms with Crippen LogP contribution in [0.5, 0.6) is 0 Å². The summed E-state index contributed by atoms with van der Waals surface area (Å²) in [4.78, 5) is 25.0. The number of aliphatic hydroxyl groups is 1. The second-order valence-electron chi connectivity index (χ2n) is 8.46. The first-order valence-corrected chi connectivity index (χ1v) is 11.4. The molecule has 4 rings (SSSR count). The summed E-state index contributed by atoms with van der Waals surface area (Å²) in [7, 11) is 4.05. The number of likely N-dealkylation sites (tertiary alicyclic amines) is 1. The van der Waals surface area contributed by atoms with Crippen LogP contribution in [-0.2, 0) is 11.3 Å². The average molecular weight is 430 g/mol. The molecule has 2 unspecified atom stereocenters. The summed E-state index contributed by atoms with van der Waals surface area (Å²) in [6.45, 7) is 7.08. The number of nitrogens with one attached hydrogen (secondary N) is 1. The minimum absolute atomic E-state index is 0.0132. The lowest BCUT2D eigenvalue weighted by Gasteiger charge is -2.35. The van der Waals surface area contributed by atoms with Crippen molar-refractivity contribution in [1.82, 2.24) is 20.1 Å². The number of likely N-dealkylation sites (N-methyl/N-ethyl adjacent to an activating group) is 2. The van der Waals surface area contributed by atoms with E-state index in [1.54, 1.807) is 11.3 Å². The fraction of sp³-hybridized carbons (Fsp3) is 0.545. The Bertz CT molecular complexity index is 893. The number of benzene rings is 1. The van der Waals surface area contributed by atoms with Crippen molar-refractivity contribution in [2.45, 2.75) is 32.0 Å². The fourth-order valence-electron chi connectivity index (χ4n) is 4.35. The van der Waals surface area contributed by atoms with Gasteiger partial charge >= 0.3 is 0 Å². The number of hydrogen-bond acceptors (Lipinski definition) is 7. The van der Waals surface area contributed by atoms with E-state index in [1.807, 2.05) is 24.4 Å². The first-order valence-electron chi connectivity index (χ1n) is 10.5. The highest BCUT2D eigenvalue weighted by atomic mass is 32.1. The van der Waals surface area contributed by atoms with Gasteiger partial charge in [-0.3, -0.25) is 9.69 Å². The molecule has 2 fully saturated rings. The van der Waals surface area contributed by atoms with Crippen LogP contribution in [0, 0.1) is 6.92 Å². The van der Waals surface area contributed by atoms with Crippen LogP contribution in [0.1, 0.15) is 17.7 Å². The van der Waals surface area contributed by atoms with E-state index >= 15 is 0 Å². The van der Waals surface area contributed by atoms with Crippen LogP contribution in [0.2, 0.25) is 0 Å². The van der Waals surface area contributed by atoms with Crippen LogP contribution in [0.25, 0.3) is 10.4 Å². The zero-order valence-corrected chi connectivity index (χ0v) is 18.8. The Kier molecular flexibility index (Phi) is 6.38. The monoisotopic (exact) mass is 429 g/mol. The molecule has 162 valence electrons. The highest BCUT2D eigenvalue weighted by Crippen LogP contribution is 2.33. The molecule has 0 spiro atoms. The normalized spacial score (nSPS) is 23.1. The van der Waals surface area contributed by atoms with Gasteiger partial charge in [-0.2, -0.15) is 0 Å². The minimum Gasteiger partial charge on any atom is -0.392 e. The zero-order chi connectivity index (χ0) is 21.3. The van der Waals surface area contributed by atoms with Gasteiger partial charge in [-0.1, -0.05) is 12.1 Å². The summed E-state index contributed by atoms with van der Waals surface area (Å²) >= 11 is 1.66. The molecule has 1 amide bonds. The topological polar surface area (TPSA) is 71.9 Å². The number of carbonyl (C=O) groups is 1. The Morgan fingerprint density at radius 3 is 2.67 bits per heavy atom. The van der Waals surface area contributed by atoms with Crippen molar-refractivity contribution >= 4 is 22.9 Å². The van der Waals surface area contributed by atoms with Gasteiger partial charge in [0.25, 0.3) is 0 Å². The number of carbonyl (C=O) groups excluding carboxylic acids is 1. The number of thiazole rings is 1. The van der Waals surface area contributed by atoms with Crippen molar-refractivity contribution < 1.29 is 9.90 Å². The van der Waals surface area contributed by atoms with E-state index in [-0.39, 0.29) is 11.9 Å². The molecule has 2 aliphatic heterocycles. The number of β-amino-alcohol motifs (C(OH)–C–C–N with tert-alkyl or cyclic N) is 1. The van der Waals surface area contributed by atoms with E-state index in [4.69, 9.17) is 0 Å². The number of anilines is 1. The second kappa shape index (κ2) is 9.01. The molecule has 2 aromatic rings. The van der Waals surface area contributed by atoms with Crippen molar-refractivity contribution in [3.8, 4) is 10.4 Å². The lowest BCUT2D eigenvalue weighted by atomic mass is 10.0. The Hall–Kier alpha value is -2.00. The van der Waals surface area contributed by atoms with Gasteiger partial charge in [0, 0.05) is 45.0 Å². The first kappa shape index (κ1) is 21.2. The number of amides is 1. The first-order chi connectivity index (χ1) is 14.4. The van der Waals surface area contributed by atoms with Gasteiger partial charge in [0.15, 0.2) is 0 Å². The molecule has 0 radical (unpaired) electrons. The van der Waals surface area contributed by atoms with E-state index in [0.717, 1.165) is 37.4 Å². The lowest BCUT2D eigenvalue weighted by Crippen LogP contribution is -2.45. The van der Waals surface area contributed by atoms with Crippen molar-refractivity contribution in [3.63, 3.8) is 0 Å². The van der Waals surface area contributed by atoms with Gasteiger partial charge in [-0.15, -0.1) is 11.3 Å². The van der Waals surface area contributed by atoms with Crippen LogP contribution < -0.4 is 10.2 Å². The Morgan fingerprint density at radius 2 is 2.03 bits per heavy atom. The molecular weight excluding hydrogens is 398 g/mol. The number of piperazine rings is 1. The van der Waals surface area contributed by atoms with Crippen molar-refractivity contribution in [1.29, 1.82) is 0 Å². The molecule has 0 bridgehead atoms. The Labute approximate surface area is 182 Å². The van der Waals surface area contributed by atoms with Gasteiger partial charge in [-0.25, -0.2) is 4.98 Å². The molecule has 1 aromatic carbocycles. The third-order valence-corrected chi connectivity index (χ3v) is 7.20. The largest absolute Gasteiger partial charge is 0.392 e. The summed E-state index contributed by atoms with van der Waals surface area (Å²) in [5.74, 6) is -0.0132. The zero-order valence-electron chi connectivity index (χ0n) is 18.0. The number of aliphatic hydroxyl groups excluding tert-OH is 1. The van der Waals surface area contributed by atoms with Crippen LogP contribution in [0.15, 0.2) is 23.7 Å². The predicted octanol–water partition coefficient (Wildman–Crippen LogP) is 1.55. The van der Waals surface area contributed by atoms with Gasteiger partial charge in [0.1, 0.15) is 0 Å². The maximum absolute atomic E-state index is 12.7. The molecular formula is C22H31N5O2S. The van der Waals surface area contributed by atoms with E-state index in [1.165, 1.54) is 16.1 Å². The maximum Gasteiger partial charge on any atom is 0.237 e. The Morgan fingerprint density at radius 1 is 1.27 bits per heavy atom. The average Bonchev–Trinajstić information content (AvgIpc) is 3.31. The lowest BCUT2D eigenvalue weighted by molar-refractivity contribution is -0.125. The van der Waals surface area contributed by atoms with Crippen LogP contribution in [0.3, 0.4) is 0 Å². The maximum atomic E-state index is 12.7.